The zero-order valence-corrected chi connectivity index (χ0v) is 13.9. The molecule has 27 heavy (non-hydrogen) atoms. The summed E-state index contributed by atoms with van der Waals surface area (Å²) in [6, 6.07) is 3.02. The Kier molecular flexibility index (Phi) is 15.9. The Morgan fingerprint density at radius 2 is 1.85 bits per heavy atom. The van der Waals surface area contributed by atoms with Gasteiger partial charge >= 0.3 is 12.4 Å². The molecule has 0 aromatic carbocycles. The average Bonchev–Trinajstić information content (AvgIpc) is 2.54. The fraction of sp³-hybridized carbons (Fsp3) is 0.400. The van der Waals surface area contributed by atoms with Gasteiger partial charge in [0.2, 0.25) is 5.56 Å². The van der Waals surface area contributed by atoms with Gasteiger partial charge in [0.1, 0.15) is 5.88 Å². The smallest absolute Gasteiger partial charge is 0.454 e. The molecule has 1 rings (SSSR count). The molecule has 1 aromatic rings. The number of carbonyl (C=O) groups is 1. The maximum Gasteiger partial charge on any atom is 0.454 e. The first kappa shape index (κ1) is 29.3. The summed E-state index contributed by atoms with van der Waals surface area (Å²) in [4.78, 5) is 22.5. The summed E-state index contributed by atoms with van der Waals surface area (Å²) in [5.41, 5.74) is -1.68. The van der Waals surface area contributed by atoms with Gasteiger partial charge in [-0.2, -0.15) is 31.6 Å². The molecular weight excluding hydrogens is 406 g/mol. The van der Waals surface area contributed by atoms with Crippen LogP contribution in [0.4, 0.5) is 26.3 Å². The predicted molar refractivity (Wildman–Crippen MR) is 87.0 cm³/mol. The van der Waals surface area contributed by atoms with Crippen LogP contribution in [-0.4, -0.2) is 29.4 Å². The normalized spacial score (nSPS) is 10.3. The fourth-order valence-electron chi connectivity index (χ4n) is 0.922. The molecule has 0 amide bonds. The fourth-order valence-corrected chi connectivity index (χ4v) is 0.922. The van der Waals surface area contributed by atoms with Gasteiger partial charge in [-0.1, -0.05) is 7.43 Å². The molecular formula is C15H17ClF6N2O3. The molecule has 0 unspecified atom stereocenters. The molecule has 0 fully saturated rings. The monoisotopic (exact) mass is 422 g/mol. The molecule has 0 radical (unpaired) electrons. The van der Waals surface area contributed by atoms with Crippen LogP contribution in [0.5, 0.6) is 0 Å². The average molecular weight is 423 g/mol. The molecule has 0 atom stereocenters. The van der Waals surface area contributed by atoms with Crippen molar-refractivity contribution in [2.45, 2.75) is 26.7 Å². The lowest BCUT2D eigenvalue weighted by Gasteiger charge is -2.03. The minimum atomic E-state index is -4.80. The van der Waals surface area contributed by atoms with E-state index in [1.54, 1.807) is 13.0 Å². The molecule has 1 heterocycles. The maximum atomic E-state index is 11.8. The second kappa shape index (κ2) is 14.7. The van der Waals surface area contributed by atoms with Crippen molar-refractivity contribution in [2.75, 3.05) is 12.5 Å². The van der Waals surface area contributed by atoms with Crippen molar-refractivity contribution >= 4 is 17.4 Å². The minimum absolute atomic E-state index is 0. The quantitative estimate of drug-likeness (QED) is 0.338. The Hall–Kier alpha value is -2.48. The number of aromatic nitrogens is 1. The first-order valence-electron chi connectivity index (χ1n) is 6.48. The van der Waals surface area contributed by atoms with E-state index in [-0.39, 0.29) is 19.9 Å². The number of hydrogen-bond acceptors (Lipinski definition) is 4. The van der Waals surface area contributed by atoms with Crippen molar-refractivity contribution in [1.29, 1.82) is 5.26 Å². The number of carbonyl (C=O) groups excluding carboxylic acids is 1. The first-order valence-corrected chi connectivity index (χ1v) is 7.01. The number of allylic oxidation sites excluding steroid dienone is 1. The number of nitriles is 1. The summed E-state index contributed by atoms with van der Waals surface area (Å²) < 4.78 is 74.1. The van der Waals surface area contributed by atoms with E-state index in [0.717, 1.165) is 18.5 Å². The van der Waals surface area contributed by atoms with Gasteiger partial charge in [-0.05, 0) is 13.0 Å². The Labute approximate surface area is 156 Å². The number of ether oxygens (including phenoxy) is 1. The molecule has 0 aliphatic rings. The summed E-state index contributed by atoms with van der Waals surface area (Å²) in [7, 11) is 0. The molecule has 154 valence electrons. The molecule has 0 aliphatic carbocycles. The lowest BCUT2D eigenvalue weighted by atomic mass is 10.3. The van der Waals surface area contributed by atoms with E-state index in [4.69, 9.17) is 16.9 Å². The second-order valence-corrected chi connectivity index (χ2v) is 4.12. The molecule has 12 heteroatoms. The van der Waals surface area contributed by atoms with E-state index in [0.29, 0.717) is 12.1 Å². The van der Waals surface area contributed by atoms with Crippen LogP contribution in [0.3, 0.4) is 0 Å². The lowest BCUT2D eigenvalue weighted by molar-refractivity contribution is -0.165. The van der Waals surface area contributed by atoms with E-state index in [1.165, 1.54) is 0 Å². The van der Waals surface area contributed by atoms with E-state index < -0.39 is 29.3 Å². The van der Waals surface area contributed by atoms with Crippen LogP contribution < -0.4 is 5.56 Å². The zero-order valence-electron chi connectivity index (χ0n) is 13.1. The number of halogens is 7. The summed E-state index contributed by atoms with van der Waals surface area (Å²) >= 11 is 4.82. The van der Waals surface area contributed by atoms with Crippen LogP contribution in [-0.2, 0) is 15.7 Å². The molecule has 0 bridgehead atoms. The SMILES string of the molecule is C.CCO/C=C/C(=O)C(F)(F)F.N#CCCl.O=c1cc(C(F)(F)F)cc[nH]1. The van der Waals surface area contributed by atoms with Crippen LogP contribution in [0.15, 0.2) is 35.5 Å². The number of alkyl halides is 7. The van der Waals surface area contributed by atoms with Gasteiger partial charge < -0.3 is 9.72 Å². The Bertz CT molecular complexity index is 663. The lowest BCUT2D eigenvalue weighted by Crippen LogP contribution is -2.19. The highest BCUT2D eigenvalue weighted by molar-refractivity contribution is 6.19. The predicted octanol–water partition coefficient (Wildman–Crippen LogP) is 4.45. The molecule has 0 spiro atoms. The number of nitrogens with zero attached hydrogens (tertiary/aromatic N) is 1. The van der Waals surface area contributed by atoms with Gasteiger partial charge in [0.15, 0.2) is 0 Å². The highest BCUT2D eigenvalue weighted by Gasteiger charge is 2.36. The van der Waals surface area contributed by atoms with Crippen LogP contribution in [0.1, 0.15) is 19.9 Å². The standard InChI is InChI=1S/C6H4F3NO.C6H7F3O2.C2H2ClN.CH4/c7-6(8,9)4-1-2-10-5(11)3-4;1-2-11-4-3-5(10)6(7,8)9;3-1-2-4;/h1-3H,(H,10,11);3-4H,2H2,1H3;1H2;1H4/b;4-3+;;. The highest BCUT2D eigenvalue weighted by Crippen LogP contribution is 2.27. The zero-order chi connectivity index (χ0) is 20.8. The molecule has 0 saturated carbocycles. The van der Waals surface area contributed by atoms with Crippen LogP contribution in [0, 0.1) is 11.3 Å². The van der Waals surface area contributed by atoms with E-state index >= 15 is 0 Å². The summed E-state index contributed by atoms with van der Waals surface area (Å²) in [5, 5.41) is 7.49. The van der Waals surface area contributed by atoms with Crippen molar-refractivity contribution in [1.82, 2.24) is 4.98 Å². The van der Waals surface area contributed by atoms with Gasteiger partial charge in [-0.15, -0.1) is 11.6 Å². The van der Waals surface area contributed by atoms with Crippen molar-refractivity contribution in [3.63, 3.8) is 0 Å². The summed E-state index contributed by atoms with van der Waals surface area (Å²) in [6.45, 7) is 1.84. The Morgan fingerprint density at radius 1 is 1.33 bits per heavy atom. The number of ketones is 1. The van der Waals surface area contributed by atoms with Gasteiger partial charge in [0.25, 0.3) is 5.78 Å². The van der Waals surface area contributed by atoms with Gasteiger partial charge in [0, 0.05) is 18.3 Å². The number of rotatable bonds is 3. The molecule has 1 aromatic heterocycles. The number of pyridine rings is 1. The number of aromatic amines is 1. The van der Waals surface area contributed by atoms with Crippen LogP contribution >= 0.6 is 11.6 Å². The summed E-state index contributed by atoms with van der Waals surface area (Å²) in [5.74, 6) is -1.81. The number of nitrogens with one attached hydrogen (secondary N) is 1. The van der Waals surface area contributed by atoms with Crippen molar-refractivity contribution in [2.24, 2.45) is 0 Å². The van der Waals surface area contributed by atoms with Gasteiger partial charge in [-0.3, -0.25) is 9.59 Å². The van der Waals surface area contributed by atoms with E-state index in [9.17, 15) is 35.9 Å². The Balaban J connectivity index is -0.000000346. The molecule has 0 saturated heterocycles. The highest BCUT2D eigenvalue weighted by atomic mass is 35.5. The van der Waals surface area contributed by atoms with Gasteiger partial charge in [-0.25, -0.2) is 0 Å². The number of hydrogen-bond donors (Lipinski definition) is 1. The Morgan fingerprint density at radius 3 is 2.15 bits per heavy atom. The van der Waals surface area contributed by atoms with Crippen molar-refractivity contribution < 1.29 is 35.9 Å². The molecule has 1 N–H and O–H groups in total. The van der Waals surface area contributed by atoms with Crippen molar-refractivity contribution in [3.05, 3.63) is 46.6 Å². The second-order valence-electron chi connectivity index (χ2n) is 3.85. The minimum Gasteiger partial charge on any atom is -0.501 e. The van der Waals surface area contributed by atoms with E-state index in [2.05, 4.69) is 9.72 Å². The third-order valence-electron chi connectivity index (χ3n) is 1.92. The van der Waals surface area contributed by atoms with E-state index in [1.807, 2.05) is 0 Å². The third kappa shape index (κ3) is 16.7. The van der Waals surface area contributed by atoms with Crippen molar-refractivity contribution in [3.8, 4) is 6.07 Å². The summed E-state index contributed by atoms with van der Waals surface area (Å²) in [6.07, 6.45) is -7.19. The molecule has 0 aliphatic heterocycles. The number of H-pyrrole nitrogens is 1. The third-order valence-corrected chi connectivity index (χ3v) is 2.04. The molecule has 5 nitrogen and oxygen atoms in total. The first-order chi connectivity index (χ1) is 11.9. The largest absolute Gasteiger partial charge is 0.501 e. The van der Waals surface area contributed by atoms with Crippen LogP contribution in [0.25, 0.3) is 0 Å². The van der Waals surface area contributed by atoms with Crippen LogP contribution in [0.2, 0.25) is 0 Å². The topological polar surface area (TPSA) is 82.9 Å². The van der Waals surface area contributed by atoms with Gasteiger partial charge in [0.05, 0.1) is 24.5 Å². The maximum absolute atomic E-state index is 11.8.